The lowest BCUT2D eigenvalue weighted by molar-refractivity contribution is 0.00383. The van der Waals surface area contributed by atoms with E-state index < -0.39 is 0 Å². The molecule has 0 saturated carbocycles. The van der Waals surface area contributed by atoms with Crippen LogP contribution in [0.1, 0.15) is 11.1 Å². The Bertz CT molecular complexity index is 453. The van der Waals surface area contributed by atoms with E-state index in [1.807, 2.05) is 13.0 Å². The molecule has 18 heavy (non-hydrogen) atoms. The number of aryl methyl sites for hydroxylation is 1. The van der Waals surface area contributed by atoms with E-state index in [9.17, 15) is 4.39 Å². The molecular weight excluding hydrogens is 251 g/mol. The van der Waals surface area contributed by atoms with Crippen LogP contribution in [0.25, 0.3) is 0 Å². The molecule has 1 aliphatic heterocycles. The Morgan fingerprint density at radius 2 is 2.39 bits per heavy atom. The fraction of sp³-hybridized carbons (Fsp3) is 0.462. The lowest BCUT2D eigenvalue weighted by Crippen LogP contribution is -2.47. The van der Waals surface area contributed by atoms with Gasteiger partial charge in [0.1, 0.15) is 16.9 Å². The highest BCUT2D eigenvalue weighted by Crippen LogP contribution is 2.15. The summed E-state index contributed by atoms with van der Waals surface area (Å²) < 4.78 is 18.5. The molecule has 1 aromatic carbocycles. The number of hydrogen-bond donors (Lipinski definition) is 1. The van der Waals surface area contributed by atoms with Crippen LogP contribution in [0.3, 0.4) is 0 Å². The van der Waals surface area contributed by atoms with Gasteiger partial charge in [0.05, 0.1) is 6.61 Å². The summed E-state index contributed by atoms with van der Waals surface area (Å²) in [5.41, 5.74) is 7.69. The molecule has 0 aromatic heterocycles. The molecule has 98 valence electrons. The number of nitrogens with two attached hydrogens (primary N) is 1. The van der Waals surface area contributed by atoms with Crippen LogP contribution in [-0.2, 0) is 11.3 Å². The van der Waals surface area contributed by atoms with Gasteiger partial charge in [-0.2, -0.15) is 0 Å². The van der Waals surface area contributed by atoms with Gasteiger partial charge in [0.2, 0.25) is 0 Å². The van der Waals surface area contributed by atoms with Gasteiger partial charge >= 0.3 is 0 Å². The van der Waals surface area contributed by atoms with Crippen molar-refractivity contribution in [1.29, 1.82) is 0 Å². The van der Waals surface area contributed by atoms with Crippen LogP contribution in [-0.4, -0.2) is 35.7 Å². The van der Waals surface area contributed by atoms with Crippen molar-refractivity contribution >= 4 is 17.2 Å². The van der Waals surface area contributed by atoms with Crippen molar-refractivity contribution in [3.63, 3.8) is 0 Å². The molecule has 1 atom stereocenters. The summed E-state index contributed by atoms with van der Waals surface area (Å²) >= 11 is 4.95. The summed E-state index contributed by atoms with van der Waals surface area (Å²) in [6, 6.07) is 4.88. The first-order valence-electron chi connectivity index (χ1n) is 5.94. The average molecular weight is 268 g/mol. The Morgan fingerprint density at radius 3 is 3.06 bits per heavy atom. The Morgan fingerprint density at radius 1 is 1.61 bits per heavy atom. The fourth-order valence-electron chi connectivity index (χ4n) is 2.10. The van der Waals surface area contributed by atoms with E-state index in [0.29, 0.717) is 18.1 Å². The highest BCUT2D eigenvalue weighted by molar-refractivity contribution is 7.80. The van der Waals surface area contributed by atoms with E-state index in [2.05, 4.69) is 4.90 Å². The number of halogens is 1. The van der Waals surface area contributed by atoms with Crippen molar-refractivity contribution < 1.29 is 9.13 Å². The summed E-state index contributed by atoms with van der Waals surface area (Å²) in [4.78, 5) is 2.63. The van der Waals surface area contributed by atoms with E-state index in [0.717, 1.165) is 24.2 Å². The topological polar surface area (TPSA) is 38.5 Å². The zero-order chi connectivity index (χ0) is 13.1. The third kappa shape index (κ3) is 3.25. The molecule has 0 radical (unpaired) electrons. The minimum atomic E-state index is -0.195. The van der Waals surface area contributed by atoms with Gasteiger partial charge in [0.25, 0.3) is 0 Å². The number of nitrogens with zero attached hydrogens (tertiary/aromatic N) is 1. The van der Waals surface area contributed by atoms with Gasteiger partial charge in [0.15, 0.2) is 0 Å². The molecule has 2 N–H and O–H groups in total. The molecule has 5 heteroatoms. The molecule has 1 aliphatic rings. The fourth-order valence-corrected chi connectivity index (χ4v) is 2.24. The molecule has 1 aromatic rings. The van der Waals surface area contributed by atoms with Crippen molar-refractivity contribution in [3.05, 3.63) is 35.1 Å². The predicted octanol–water partition coefficient (Wildman–Crippen LogP) is 1.62. The second-order valence-electron chi connectivity index (χ2n) is 4.57. The maximum absolute atomic E-state index is 13.0. The lowest BCUT2D eigenvalue weighted by atomic mass is 10.1. The van der Waals surface area contributed by atoms with Gasteiger partial charge in [-0.3, -0.25) is 4.90 Å². The second kappa shape index (κ2) is 5.73. The van der Waals surface area contributed by atoms with Crippen LogP contribution < -0.4 is 5.73 Å². The van der Waals surface area contributed by atoms with E-state index in [1.165, 1.54) is 6.07 Å². The molecule has 0 amide bonds. The van der Waals surface area contributed by atoms with Crippen LogP contribution in [0.5, 0.6) is 0 Å². The van der Waals surface area contributed by atoms with Gasteiger partial charge in [-0.15, -0.1) is 0 Å². The standard InChI is InChI=1S/C13H17FN2OS/c1-9-6-11(14)3-2-10(9)7-16-4-5-17-12(8-16)13(15)18/h2-3,6,12H,4-5,7-8H2,1H3,(H2,15,18). The van der Waals surface area contributed by atoms with Crippen LogP contribution in [0, 0.1) is 12.7 Å². The Kier molecular flexibility index (Phi) is 4.27. The van der Waals surface area contributed by atoms with E-state index in [-0.39, 0.29) is 11.9 Å². The largest absolute Gasteiger partial charge is 0.391 e. The highest BCUT2D eigenvalue weighted by atomic mass is 32.1. The Hall–Kier alpha value is -1.04. The van der Waals surface area contributed by atoms with Gasteiger partial charge in [-0.1, -0.05) is 18.3 Å². The molecule has 0 spiro atoms. The first-order chi connectivity index (χ1) is 8.56. The maximum Gasteiger partial charge on any atom is 0.123 e. The van der Waals surface area contributed by atoms with Crippen molar-refractivity contribution in [3.8, 4) is 0 Å². The Labute approximate surface area is 112 Å². The van der Waals surface area contributed by atoms with E-state index in [1.54, 1.807) is 6.07 Å². The summed E-state index contributed by atoms with van der Waals surface area (Å²) in [7, 11) is 0. The summed E-state index contributed by atoms with van der Waals surface area (Å²) in [6.45, 7) is 4.86. The molecule has 2 rings (SSSR count). The van der Waals surface area contributed by atoms with E-state index >= 15 is 0 Å². The number of thiocarbonyl (C=S) groups is 1. The average Bonchev–Trinajstić information content (AvgIpc) is 2.33. The molecule has 0 aliphatic carbocycles. The van der Waals surface area contributed by atoms with Crippen molar-refractivity contribution in [2.75, 3.05) is 19.7 Å². The zero-order valence-electron chi connectivity index (χ0n) is 10.4. The van der Waals surface area contributed by atoms with Gasteiger partial charge in [-0.25, -0.2) is 4.39 Å². The SMILES string of the molecule is Cc1cc(F)ccc1CN1CCOC(C(N)=S)C1. The van der Waals surface area contributed by atoms with Crippen LogP contribution in [0.4, 0.5) is 4.39 Å². The monoisotopic (exact) mass is 268 g/mol. The number of rotatable bonds is 3. The van der Waals surface area contributed by atoms with Crippen molar-refractivity contribution in [2.45, 2.75) is 19.6 Å². The molecule has 1 saturated heterocycles. The Balaban J connectivity index is 2.02. The highest BCUT2D eigenvalue weighted by Gasteiger charge is 2.22. The summed E-state index contributed by atoms with van der Waals surface area (Å²) in [5.74, 6) is -0.195. The number of morpholine rings is 1. The molecule has 1 fully saturated rings. The van der Waals surface area contributed by atoms with Gasteiger partial charge in [-0.05, 0) is 30.2 Å². The maximum atomic E-state index is 13.0. The van der Waals surface area contributed by atoms with Crippen LogP contribution in [0.2, 0.25) is 0 Å². The predicted molar refractivity (Wildman–Crippen MR) is 72.9 cm³/mol. The minimum absolute atomic E-state index is 0.172. The molecule has 0 bridgehead atoms. The third-order valence-electron chi connectivity index (χ3n) is 3.17. The normalized spacial score (nSPS) is 20.9. The van der Waals surface area contributed by atoms with Crippen LogP contribution in [0.15, 0.2) is 18.2 Å². The third-order valence-corrected chi connectivity index (χ3v) is 3.43. The number of benzene rings is 1. The lowest BCUT2D eigenvalue weighted by Gasteiger charge is -2.32. The van der Waals surface area contributed by atoms with Gasteiger partial charge < -0.3 is 10.5 Å². The molecule has 3 nitrogen and oxygen atoms in total. The smallest absolute Gasteiger partial charge is 0.123 e. The summed E-state index contributed by atoms with van der Waals surface area (Å²) in [6.07, 6.45) is -0.172. The minimum Gasteiger partial charge on any atom is -0.391 e. The zero-order valence-corrected chi connectivity index (χ0v) is 11.2. The number of hydrogen-bond acceptors (Lipinski definition) is 3. The molecule has 1 unspecified atom stereocenters. The van der Waals surface area contributed by atoms with Crippen LogP contribution >= 0.6 is 12.2 Å². The number of ether oxygens (including phenoxy) is 1. The van der Waals surface area contributed by atoms with E-state index in [4.69, 9.17) is 22.7 Å². The van der Waals surface area contributed by atoms with Crippen molar-refractivity contribution in [2.24, 2.45) is 5.73 Å². The van der Waals surface area contributed by atoms with Gasteiger partial charge in [0, 0.05) is 19.6 Å². The summed E-state index contributed by atoms with van der Waals surface area (Å²) in [5, 5.41) is 0. The van der Waals surface area contributed by atoms with Crippen molar-refractivity contribution in [1.82, 2.24) is 4.90 Å². The first-order valence-corrected chi connectivity index (χ1v) is 6.35. The quantitative estimate of drug-likeness (QED) is 0.846. The second-order valence-corrected chi connectivity index (χ2v) is 5.04. The molecule has 1 heterocycles. The molecular formula is C13H17FN2OS. The first kappa shape index (κ1) is 13.4.